The molecule has 1 aromatic carbocycles. The number of benzene rings is 1. The van der Waals surface area contributed by atoms with Crippen LogP contribution in [0.25, 0.3) is 0 Å². The first-order chi connectivity index (χ1) is 8.80. The molecule has 0 saturated carbocycles. The average Bonchev–Trinajstić information content (AvgIpc) is 2.68. The molecule has 1 aliphatic heterocycles. The number of hydrogen-bond acceptors (Lipinski definition) is 4. The minimum absolute atomic E-state index is 0.186. The topological polar surface area (TPSA) is 83.7 Å². The second kappa shape index (κ2) is 4.53. The molecule has 1 N–H and O–H groups in total. The predicted molar refractivity (Wildman–Crippen MR) is 70.7 cm³/mol. The second-order valence-electron chi connectivity index (χ2n) is 5.60. The lowest BCUT2D eigenvalue weighted by atomic mass is 9.93. The summed E-state index contributed by atoms with van der Waals surface area (Å²) < 4.78 is 0. The Morgan fingerprint density at radius 3 is 2.63 bits per heavy atom. The highest BCUT2D eigenvalue weighted by atomic mass is 16.6. The maximum atomic E-state index is 11.1. The zero-order valence-electron chi connectivity index (χ0n) is 10.9. The number of carbonyl (C=O) groups is 1. The minimum atomic E-state index is -1.27. The minimum Gasteiger partial charge on any atom is -0.477 e. The van der Waals surface area contributed by atoms with Crippen LogP contribution in [0.1, 0.15) is 30.6 Å². The van der Waals surface area contributed by atoms with E-state index in [9.17, 15) is 14.9 Å². The van der Waals surface area contributed by atoms with Gasteiger partial charge in [0.2, 0.25) is 0 Å². The molecule has 0 bridgehead atoms. The smallest absolute Gasteiger partial charge is 0.342 e. The predicted octanol–water partition coefficient (Wildman–Crippen LogP) is 2.53. The maximum absolute atomic E-state index is 11.1. The van der Waals surface area contributed by atoms with Crippen molar-refractivity contribution in [3.05, 3.63) is 33.9 Å². The third-order valence-electron chi connectivity index (χ3n) is 3.45. The summed E-state index contributed by atoms with van der Waals surface area (Å²) in [4.78, 5) is 23.3. The normalized spacial score (nSPS) is 17.5. The fourth-order valence-electron chi connectivity index (χ4n) is 2.38. The number of nitrogens with zero attached hydrogens (tertiary/aromatic N) is 2. The number of aromatic carboxylic acids is 1. The molecule has 19 heavy (non-hydrogen) atoms. The quantitative estimate of drug-likeness (QED) is 0.670. The van der Waals surface area contributed by atoms with Crippen LogP contribution in [0.5, 0.6) is 0 Å². The summed E-state index contributed by atoms with van der Waals surface area (Å²) in [6.07, 6.45) is 1.02. The van der Waals surface area contributed by atoms with Crippen LogP contribution in [0.15, 0.2) is 18.2 Å². The van der Waals surface area contributed by atoms with Gasteiger partial charge in [-0.15, -0.1) is 0 Å². The Hall–Kier alpha value is -2.11. The summed E-state index contributed by atoms with van der Waals surface area (Å²) in [5.74, 6) is -1.27. The first-order valence-corrected chi connectivity index (χ1v) is 6.07. The molecule has 0 radical (unpaired) electrons. The molecule has 102 valence electrons. The molecule has 0 aromatic heterocycles. The number of carboxylic acids is 1. The highest BCUT2D eigenvalue weighted by Crippen LogP contribution is 2.34. The van der Waals surface area contributed by atoms with Crippen LogP contribution in [0.4, 0.5) is 11.4 Å². The number of carboxylic acid groups (broad SMARTS) is 1. The van der Waals surface area contributed by atoms with E-state index in [1.54, 1.807) is 6.07 Å². The van der Waals surface area contributed by atoms with Gasteiger partial charge in [0.1, 0.15) is 5.56 Å². The van der Waals surface area contributed by atoms with Crippen molar-refractivity contribution >= 4 is 17.3 Å². The van der Waals surface area contributed by atoms with Gasteiger partial charge in [0, 0.05) is 24.8 Å². The monoisotopic (exact) mass is 264 g/mol. The SMILES string of the molecule is CC1(C)CCN(c2ccc([N+](=O)[O-])c(C(=O)O)c2)C1. The van der Waals surface area contributed by atoms with E-state index in [4.69, 9.17) is 5.11 Å². The Morgan fingerprint density at radius 1 is 1.47 bits per heavy atom. The molecular formula is C13H16N2O4. The molecule has 1 aliphatic rings. The van der Waals surface area contributed by atoms with Crippen LogP contribution in [-0.4, -0.2) is 29.1 Å². The van der Waals surface area contributed by atoms with Crippen molar-refractivity contribution < 1.29 is 14.8 Å². The van der Waals surface area contributed by atoms with E-state index in [0.717, 1.165) is 25.2 Å². The van der Waals surface area contributed by atoms with Crippen LogP contribution >= 0.6 is 0 Å². The fraction of sp³-hybridized carbons (Fsp3) is 0.462. The van der Waals surface area contributed by atoms with E-state index < -0.39 is 10.9 Å². The zero-order valence-corrected chi connectivity index (χ0v) is 10.9. The van der Waals surface area contributed by atoms with Crippen LogP contribution in [0.2, 0.25) is 0 Å². The van der Waals surface area contributed by atoms with Gasteiger partial charge in [0.25, 0.3) is 5.69 Å². The van der Waals surface area contributed by atoms with E-state index in [1.165, 1.54) is 12.1 Å². The highest BCUT2D eigenvalue weighted by Gasteiger charge is 2.30. The van der Waals surface area contributed by atoms with Crippen molar-refractivity contribution in [1.29, 1.82) is 0 Å². The van der Waals surface area contributed by atoms with Gasteiger partial charge in [-0.3, -0.25) is 10.1 Å². The van der Waals surface area contributed by atoms with Gasteiger partial charge in [-0.2, -0.15) is 0 Å². The lowest BCUT2D eigenvalue weighted by molar-refractivity contribution is -0.385. The fourth-order valence-corrected chi connectivity index (χ4v) is 2.38. The van der Waals surface area contributed by atoms with Crippen molar-refractivity contribution in [1.82, 2.24) is 0 Å². The number of nitro benzene ring substituents is 1. The molecule has 0 atom stereocenters. The van der Waals surface area contributed by atoms with E-state index in [2.05, 4.69) is 18.7 Å². The first-order valence-electron chi connectivity index (χ1n) is 6.07. The van der Waals surface area contributed by atoms with E-state index >= 15 is 0 Å². The van der Waals surface area contributed by atoms with Crippen molar-refractivity contribution in [3.8, 4) is 0 Å². The number of rotatable bonds is 3. The molecule has 2 rings (SSSR count). The standard InChI is InChI=1S/C13H16N2O4/c1-13(2)5-6-14(8-13)9-3-4-11(15(18)19)10(7-9)12(16)17/h3-4,7H,5-6,8H2,1-2H3,(H,16,17). The summed E-state index contributed by atoms with van der Waals surface area (Å²) in [5, 5.41) is 19.9. The molecule has 1 aromatic rings. The van der Waals surface area contributed by atoms with E-state index in [0.29, 0.717) is 0 Å². The molecule has 6 nitrogen and oxygen atoms in total. The number of anilines is 1. The molecule has 1 saturated heterocycles. The Bertz CT molecular complexity index is 539. The van der Waals surface area contributed by atoms with Crippen LogP contribution < -0.4 is 4.90 Å². The summed E-state index contributed by atoms with van der Waals surface area (Å²) >= 11 is 0. The molecule has 0 spiro atoms. The van der Waals surface area contributed by atoms with Crippen LogP contribution in [0.3, 0.4) is 0 Å². The van der Waals surface area contributed by atoms with Crippen LogP contribution in [-0.2, 0) is 0 Å². The highest BCUT2D eigenvalue weighted by molar-refractivity contribution is 5.93. The van der Waals surface area contributed by atoms with Gasteiger partial charge >= 0.3 is 5.97 Å². The number of nitro groups is 1. The third-order valence-corrected chi connectivity index (χ3v) is 3.45. The molecular weight excluding hydrogens is 248 g/mol. The van der Waals surface area contributed by atoms with Crippen molar-refractivity contribution in [2.45, 2.75) is 20.3 Å². The van der Waals surface area contributed by atoms with Crippen LogP contribution in [0, 0.1) is 15.5 Å². The Morgan fingerprint density at radius 2 is 2.16 bits per heavy atom. The lowest BCUT2D eigenvalue weighted by Crippen LogP contribution is -2.23. The zero-order chi connectivity index (χ0) is 14.2. The van der Waals surface area contributed by atoms with Crippen molar-refractivity contribution in [2.75, 3.05) is 18.0 Å². The molecule has 1 heterocycles. The number of hydrogen-bond donors (Lipinski definition) is 1. The molecule has 0 amide bonds. The molecule has 1 fully saturated rings. The summed E-state index contributed by atoms with van der Waals surface area (Å²) in [7, 11) is 0. The third kappa shape index (κ3) is 2.67. The Balaban J connectivity index is 2.37. The van der Waals surface area contributed by atoms with Gasteiger partial charge in [-0.25, -0.2) is 4.79 Å². The van der Waals surface area contributed by atoms with Gasteiger partial charge < -0.3 is 10.0 Å². The van der Waals surface area contributed by atoms with Gasteiger partial charge in [-0.05, 0) is 24.0 Å². The van der Waals surface area contributed by atoms with Crippen molar-refractivity contribution in [2.24, 2.45) is 5.41 Å². The summed E-state index contributed by atoms with van der Waals surface area (Å²) in [6, 6.07) is 4.28. The molecule has 6 heteroatoms. The molecule has 0 unspecified atom stereocenters. The van der Waals surface area contributed by atoms with E-state index in [-0.39, 0.29) is 16.7 Å². The summed E-state index contributed by atoms with van der Waals surface area (Å²) in [6.45, 7) is 5.96. The largest absolute Gasteiger partial charge is 0.477 e. The summed E-state index contributed by atoms with van der Waals surface area (Å²) in [5.41, 5.74) is 0.293. The first kappa shape index (κ1) is 13.3. The average molecular weight is 264 g/mol. The Labute approximate surface area is 110 Å². The lowest BCUT2D eigenvalue weighted by Gasteiger charge is -2.21. The van der Waals surface area contributed by atoms with Gasteiger partial charge in [0.15, 0.2) is 0 Å². The molecule has 0 aliphatic carbocycles. The Kier molecular flexibility index (Phi) is 3.18. The van der Waals surface area contributed by atoms with Gasteiger partial charge in [0.05, 0.1) is 4.92 Å². The maximum Gasteiger partial charge on any atom is 0.342 e. The van der Waals surface area contributed by atoms with Gasteiger partial charge in [-0.1, -0.05) is 13.8 Å². The van der Waals surface area contributed by atoms with Crippen molar-refractivity contribution in [3.63, 3.8) is 0 Å². The second-order valence-corrected chi connectivity index (χ2v) is 5.60. The van der Waals surface area contributed by atoms with E-state index in [1.807, 2.05) is 0 Å².